The number of hydrogen-bond donors (Lipinski definition) is 1. The molecule has 1 aliphatic carbocycles. The van der Waals surface area contributed by atoms with Crippen LogP contribution in [0.5, 0.6) is 0 Å². The molecule has 0 radical (unpaired) electrons. The van der Waals surface area contributed by atoms with E-state index in [9.17, 15) is 19.5 Å². The molecule has 1 amide bonds. The molecule has 1 fully saturated rings. The summed E-state index contributed by atoms with van der Waals surface area (Å²) >= 11 is 0. The molecule has 0 heterocycles. The highest BCUT2D eigenvalue weighted by molar-refractivity contribution is 5.88. The fourth-order valence-corrected chi connectivity index (χ4v) is 1.67. The molecule has 0 bridgehead atoms. The zero-order chi connectivity index (χ0) is 10.8. The number of aliphatic carboxylic acids is 1. The van der Waals surface area contributed by atoms with Crippen LogP contribution < -0.4 is 10.4 Å². The lowest BCUT2D eigenvalue weighted by Crippen LogP contribution is -2.61. The van der Waals surface area contributed by atoms with Crippen molar-refractivity contribution in [1.82, 2.24) is 5.32 Å². The Balaban J connectivity index is 2.78. The Kier molecular flexibility index (Phi) is 2.88. The normalized spacial score (nSPS) is 20.2. The molecule has 1 saturated carbocycles. The fourth-order valence-electron chi connectivity index (χ4n) is 1.67. The zero-order valence-electron chi connectivity index (χ0n) is 7.96. The number of carbonyl (C=O) groups is 3. The number of nitrogens with one attached hydrogen (secondary N) is 1. The van der Waals surface area contributed by atoms with E-state index in [4.69, 9.17) is 0 Å². The number of amides is 1. The summed E-state index contributed by atoms with van der Waals surface area (Å²) in [5.41, 5.74) is -1.33. The number of rotatable bonds is 2. The van der Waals surface area contributed by atoms with Crippen molar-refractivity contribution in [3.05, 3.63) is 0 Å². The number of hydrogen-bond acceptors (Lipinski definition) is 4. The van der Waals surface area contributed by atoms with Gasteiger partial charge in [-0.3, -0.25) is 9.59 Å². The Morgan fingerprint density at radius 3 is 2.21 bits per heavy atom. The second-order valence-corrected chi connectivity index (χ2v) is 3.59. The van der Waals surface area contributed by atoms with Gasteiger partial charge in [-0.2, -0.15) is 0 Å². The highest BCUT2D eigenvalue weighted by atomic mass is 16.4. The first-order valence-corrected chi connectivity index (χ1v) is 4.48. The van der Waals surface area contributed by atoms with E-state index in [1.165, 1.54) is 6.92 Å². The van der Waals surface area contributed by atoms with Gasteiger partial charge < -0.3 is 15.2 Å². The maximum atomic E-state index is 10.9. The number of Topliss-reactive ketones (excluding diaryl/α,β-unsaturated/α-hetero) is 1. The van der Waals surface area contributed by atoms with Crippen LogP contribution >= 0.6 is 0 Å². The molecule has 0 aromatic heterocycles. The molecule has 0 spiro atoms. The van der Waals surface area contributed by atoms with E-state index < -0.39 is 17.4 Å². The maximum absolute atomic E-state index is 10.9. The highest BCUT2D eigenvalue weighted by Crippen LogP contribution is 2.25. The minimum atomic E-state index is -1.33. The molecule has 5 nitrogen and oxygen atoms in total. The Hall–Kier alpha value is -1.39. The topological polar surface area (TPSA) is 86.3 Å². The molecule has 1 aliphatic rings. The minimum Gasteiger partial charge on any atom is -0.548 e. The van der Waals surface area contributed by atoms with Gasteiger partial charge in [0.15, 0.2) is 0 Å². The van der Waals surface area contributed by atoms with E-state index >= 15 is 0 Å². The van der Waals surface area contributed by atoms with Crippen molar-refractivity contribution >= 4 is 17.7 Å². The average Bonchev–Trinajstić information content (AvgIpc) is 2.08. The van der Waals surface area contributed by atoms with Crippen molar-refractivity contribution < 1.29 is 19.5 Å². The van der Waals surface area contributed by atoms with Gasteiger partial charge in [-0.05, 0) is 12.8 Å². The Morgan fingerprint density at radius 2 is 1.86 bits per heavy atom. The van der Waals surface area contributed by atoms with E-state index in [0.29, 0.717) is 0 Å². The van der Waals surface area contributed by atoms with Gasteiger partial charge in [0.2, 0.25) is 5.91 Å². The van der Waals surface area contributed by atoms with E-state index in [2.05, 4.69) is 5.32 Å². The second kappa shape index (κ2) is 3.77. The average molecular weight is 198 g/mol. The molecular weight excluding hydrogens is 186 g/mol. The second-order valence-electron chi connectivity index (χ2n) is 3.59. The van der Waals surface area contributed by atoms with Crippen LogP contribution in [0.1, 0.15) is 32.6 Å². The van der Waals surface area contributed by atoms with Crippen LogP contribution in [0.2, 0.25) is 0 Å². The van der Waals surface area contributed by atoms with Gasteiger partial charge in [-0.15, -0.1) is 0 Å². The largest absolute Gasteiger partial charge is 0.548 e. The zero-order valence-corrected chi connectivity index (χ0v) is 7.96. The van der Waals surface area contributed by atoms with Gasteiger partial charge in [-0.25, -0.2) is 0 Å². The molecular formula is C9H12NO4-. The summed E-state index contributed by atoms with van der Waals surface area (Å²) < 4.78 is 0. The Labute approximate surface area is 81.5 Å². The number of carboxylic acid groups (broad SMARTS) is 1. The van der Waals surface area contributed by atoms with Gasteiger partial charge in [-0.1, -0.05) is 0 Å². The van der Waals surface area contributed by atoms with Crippen LogP contribution in [-0.4, -0.2) is 23.2 Å². The van der Waals surface area contributed by atoms with Gasteiger partial charge >= 0.3 is 0 Å². The van der Waals surface area contributed by atoms with Crippen LogP contribution in [0, 0.1) is 0 Å². The monoisotopic (exact) mass is 198 g/mol. The molecule has 5 heteroatoms. The van der Waals surface area contributed by atoms with E-state index in [0.717, 1.165) is 0 Å². The van der Waals surface area contributed by atoms with Gasteiger partial charge in [0.25, 0.3) is 0 Å². The van der Waals surface area contributed by atoms with E-state index in [-0.39, 0.29) is 31.5 Å². The standard InChI is InChI=1S/C9H13NO4/c1-6(11)10-9(8(13)14)4-2-7(12)3-5-9/h2-5H2,1H3,(H,10,11)(H,13,14)/p-1. The predicted molar refractivity (Wildman–Crippen MR) is 45.0 cm³/mol. The van der Waals surface area contributed by atoms with Crippen molar-refractivity contribution in [1.29, 1.82) is 0 Å². The van der Waals surface area contributed by atoms with Gasteiger partial charge in [0, 0.05) is 19.8 Å². The molecule has 0 aromatic rings. The van der Waals surface area contributed by atoms with Crippen LogP contribution in [0.3, 0.4) is 0 Å². The molecule has 78 valence electrons. The van der Waals surface area contributed by atoms with Gasteiger partial charge in [0.1, 0.15) is 5.78 Å². The smallest absolute Gasteiger partial charge is 0.217 e. The lowest BCUT2D eigenvalue weighted by Gasteiger charge is -2.38. The first kappa shape index (κ1) is 10.7. The van der Waals surface area contributed by atoms with Crippen molar-refractivity contribution in [2.24, 2.45) is 0 Å². The molecule has 0 unspecified atom stereocenters. The third kappa shape index (κ3) is 2.10. The molecule has 0 aromatic carbocycles. The summed E-state index contributed by atoms with van der Waals surface area (Å²) in [4.78, 5) is 32.6. The van der Waals surface area contributed by atoms with E-state index in [1.807, 2.05) is 0 Å². The van der Waals surface area contributed by atoms with Crippen molar-refractivity contribution in [2.45, 2.75) is 38.1 Å². The third-order valence-electron chi connectivity index (χ3n) is 2.47. The number of carboxylic acids is 1. The number of carbonyl (C=O) groups excluding carboxylic acids is 3. The molecule has 1 rings (SSSR count). The van der Waals surface area contributed by atoms with Crippen LogP contribution in [0.25, 0.3) is 0 Å². The third-order valence-corrected chi connectivity index (χ3v) is 2.47. The molecule has 0 saturated heterocycles. The van der Waals surface area contributed by atoms with Crippen LogP contribution in [0.4, 0.5) is 0 Å². The van der Waals surface area contributed by atoms with Crippen molar-refractivity contribution in [2.75, 3.05) is 0 Å². The summed E-state index contributed by atoms with van der Waals surface area (Å²) in [7, 11) is 0. The minimum absolute atomic E-state index is 0.0345. The Bertz CT molecular complexity index is 275. The van der Waals surface area contributed by atoms with Crippen molar-refractivity contribution in [3.63, 3.8) is 0 Å². The first-order chi connectivity index (χ1) is 6.46. The fraction of sp³-hybridized carbons (Fsp3) is 0.667. The van der Waals surface area contributed by atoms with Crippen LogP contribution in [0.15, 0.2) is 0 Å². The highest BCUT2D eigenvalue weighted by Gasteiger charge is 2.36. The quantitative estimate of drug-likeness (QED) is 0.601. The first-order valence-electron chi connectivity index (χ1n) is 4.48. The lowest BCUT2D eigenvalue weighted by atomic mass is 9.81. The molecule has 1 N–H and O–H groups in total. The van der Waals surface area contributed by atoms with Gasteiger partial charge in [0.05, 0.1) is 11.5 Å². The summed E-state index contributed by atoms with van der Waals surface area (Å²) in [6, 6.07) is 0. The predicted octanol–water partition coefficient (Wildman–Crippen LogP) is -1.25. The summed E-state index contributed by atoms with van der Waals surface area (Å²) in [6.07, 6.45) is 0.643. The number of ketones is 1. The SMILES string of the molecule is CC(=O)NC1(C(=O)[O-])CCC(=O)CC1. The summed E-state index contributed by atoms with van der Waals surface area (Å²) in [5.74, 6) is -1.68. The van der Waals surface area contributed by atoms with Crippen molar-refractivity contribution in [3.8, 4) is 0 Å². The summed E-state index contributed by atoms with van der Waals surface area (Å²) in [5, 5.41) is 13.2. The molecule has 0 aliphatic heterocycles. The molecule has 14 heavy (non-hydrogen) atoms. The van der Waals surface area contributed by atoms with E-state index in [1.54, 1.807) is 0 Å². The lowest BCUT2D eigenvalue weighted by molar-refractivity contribution is -0.315. The maximum Gasteiger partial charge on any atom is 0.217 e. The summed E-state index contributed by atoms with van der Waals surface area (Å²) in [6.45, 7) is 1.25. The molecule has 0 atom stereocenters. The van der Waals surface area contributed by atoms with Crippen LogP contribution in [-0.2, 0) is 14.4 Å². The Morgan fingerprint density at radius 1 is 1.36 bits per heavy atom.